The van der Waals surface area contributed by atoms with Crippen LogP contribution in [-0.4, -0.2) is 34.2 Å². The van der Waals surface area contributed by atoms with E-state index < -0.39 is 8.25 Å². The van der Waals surface area contributed by atoms with Crippen LogP contribution >= 0.6 is 31.5 Å². The number of ether oxygens (including phenoxy) is 2. The van der Waals surface area contributed by atoms with Gasteiger partial charge in [0.1, 0.15) is 11.4 Å². The van der Waals surface area contributed by atoms with Crippen molar-refractivity contribution in [1.82, 2.24) is 19.9 Å². The molecule has 0 unspecified atom stereocenters. The Balaban J connectivity index is 1.93. The molecule has 9 nitrogen and oxygen atoms in total. The molecule has 0 radical (unpaired) electrons. The van der Waals surface area contributed by atoms with E-state index in [2.05, 4.69) is 19.9 Å². The highest BCUT2D eigenvalue weighted by Crippen LogP contribution is 2.30. The largest absolute Gasteiger partial charge is 0.698 e. The van der Waals surface area contributed by atoms with Crippen LogP contribution < -0.4 is 9.47 Å². The van der Waals surface area contributed by atoms with E-state index in [0.29, 0.717) is 22.9 Å². The highest BCUT2D eigenvalue weighted by molar-refractivity contribution is 7.33. The van der Waals surface area contributed by atoms with Crippen LogP contribution in [0.15, 0.2) is 12.4 Å². The Morgan fingerprint density at radius 1 is 0.917 bits per heavy atom. The van der Waals surface area contributed by atoms with Crippen LogP contribution in [0.2, 0.25) is 10.6 Å². The average Bonchev–Trinajstić information content (AvgIpc) is 2.58. The average molecular weight is 394 g/mol. The predicted molar refractivity (Wildman–Crippen MR) is 84.4 cm³/mol. The molecule has 2 aromatic rings. The number of methoxy groups -OCH3 is 2. The van der Waals surface area contributed by atoms with Gasteiger partial charge < -0.3 is 9.47 Å². The summed E-state index contributed by atoms with van der Waals surface area (Å²) in [4.78, 5) is 15.4. The predicted octanol–water partition coefficient (Wildman–Crippen LogP) is 2.98. The van der Waals surface area contributed by atoms with Gasteiger partial charge in [-0.3, -0.25) is 0 Å². The summed E-state index contributed by atoms with van der Waals surface area (Å²) in [5.41, 5.74) is 0.680. The van der Waals surface area contributed by atoms with Gasteiger partial charge in [0, 0.05) is 4.57 Å². The summed E-state index contributed by atoms with van der Waals surface area (Å²) in [7, 11) is 0.434. The van der Waals surface area contributed by atoms with Crippen molar-refractivity contribution in [2.45, 2.75) is 13.2 Å². The van der Waals surface area contributed by atoms with Crippen LogP contribution in [0.3, 0.4) is 0 Å². The summed E-state index contributed by atoms with van der Waals surface area (Å²) in [6.07, 6.45) is 2.77. The van der Waals surface area contributed by atoms with Crippen LogP contribution in [0.1, 0.15) is 11.4 Å². The van der Waals surface area contributed by atoms with Gasteiger partial charge in [-0.05, 0) is 23.2 Å². The number of hydrogen-bond donors (Lipinski definition) is 0. The third kappa shape index (κ3) is 5.19. The normalized spacial score (nSPS) is 10.5. The zero-order valence-electron chi connectivity index (χ0n) is 12.6. The fraction of sp³-hybridized carbons (Fsp3) is 0.333. The van der Waals surface area contributed by atoms with Crippen LogP contribution in [0.5, 0.6) is 11.5 Å². The summed E-state index contributed by atoms with van der Waals surface area (Å²) in [5.74, 6) is 0.708. The molecular formula is C12H12Cl2N4O5P+. The number of halogens is 2. The molecule has 24 heavy (non-hydrogen) atoms. The van der Waals surface area contributed by atoms with Gasteiger partial charge in [0.25, 0.3) is 0 Å². The standard InChI is InChI=1S/C12H12Cl2N4O5P/c1-20-9-3-15-11(13)17-7(9)5-22-24(19)23-6-8-10(21-2)4-16-12(14)18-8/h3-4H,5-6H2,1-2H3/q+1. The van der Waals surface area contributed by atoms with E-state index in [1.807, 2.05) is 0 Å². The molecule has 0 saturated heterocycles. The van der Waals surface area contributed by atoms with Gasteiger partial charge in [-0.15, -0.1) is 9.05 Å². The monoisotopic (exact) mass is 393 g/mol. The lowest BCUT2D eigenvalue weighted by atomic mass is 10.4. The topological polar surface area (TPSA) is 106 Å². The second-order valence-electron chi connectivity index (χ2n) is 4.08. The summed E-state index contributed by atoms with van der Waals surface area (Å²) in [5, 5.41) is 0.0387. The maximum atomic E-state index is 11.8. The third-order valence-electron chi connectivity index (χ3n) is 2.65. The fourth-order valence-corrected chi connectivity index (χ4v) is 2.41. The van der Waals surface area contributed by atoms with E-state index >= 15 is 0 Å². The Kier molecular flexibility index (Phi) is 7.01. The van der Waals surface area contributed by atoms with Crippen LogP contribution in [-0.2, 0) is 26.8 Å². The van der Waals surface area contributed by atoms with Gasteiger partial charge in [-0.25, -0.2) is 19.9 Å². The molecule has 0 N–H and O–H groups in total. The molecule has 0 amide bonds. The Hall–Kier alpha value is -1.64. The minimum Gasteiger partial charge on any atom is -0.493 e. The molecule has 12 heteroatoms. The van der Waals surface area contributed by atoms with Gasteiger partial charge >= 0.3 is 8.25 Å². The molecule has 128 valence electrons. The molecule has 0 bridgehead atoms. The minimum absolute atomic E-state index is 0.0194. The zero-order chi connectivity index (χ0) is 17.5. The highest BCUT2D eigenvalue weighted by atomic mass is 35.5. The first-order valence-electron chi connectivity index (χ1n) is 6.37. The van der Waals surface area contributed by atoms with Crippen molar-refractivity contribution in [2.24, 2.45) is 0 Å². The van der Waals surface area contributed by atoms with Gasteiger partial charge in [-0.2, -0.15) is 0 Å². The lowest BCUT2D eigenvalue weighted by Gasteiger charge is -2.04. The molecule has 0 atom stereocenters. The molecular weight excluding hydrogens is 382 g/mol. The molecule has 0 aliphatic heterocycles. The van der Waals surface area contributed by atoms with Crippen LogP contribution in [0.4, 0.5) is 0 Å². The van der Waals surface area contributed by atoms with Crippen LogP contribution in [0.25, 0.3) is 0 Å². The number of rotatable bonds is 8. The highest BCUT2D eigenvalue weighted by Gasteiger charge is 2.24. The van der Waals surface area contributed by atoms with Crippen molar-refractivity contribution in [3.05, 3.63) is 34.3 Å². The maximum Gasteiger partial charge on any atom is 0.698 e. The minimum atomic E-state index is -2.45. The molecule has 0 spiro atoms. The van der Waals surface area contributed by atoms with Gasteiger partial charge in [-0.1, -0.05) is 0 Å². The summed E-state index contributed by atoms with van der Waals surface area (Å²) >= 11 is 11.4. The van der Waals surface area contributed by atoms with Crippen LogP contribution in [0, 0.1) is 0 Å². The van der Waals surface area contributed by atoms with E-state index in [4.69, 9.17) is 41.7 Å². The van der Waals surface area contributed by atoms with E-state index in [1.54, 1.807) is 0 Å². The lowest BCUT2D eigenvalue weighted by Crippen LogP contribution is -2.00. The van der Waals surface area contributed by atoms with Crippen molar-refractivity contribution in [2.75, 3.05) is 14.2 Å². The van der Waals surface area contributed by atoms with Gasteiger partial charge in [0.05, 0.1) is 26.6 Å². The van der Waals surface area contributed by atoms with Crippen molar-refractivity contribution in [3.63, 3.8) is 0 Å². The Labute approximate surface area is 148 Å². The first-order valence-corrected chi connectivity index (χ1v) is 8.22. The summed E-state index contributed by atoms with van der Waals surface area (Å²) < 4.78 is 32.1. The third-order valence-corrected chi connectivity index (χ3v) is 3.70. The Bertz CT molecular complexity index is 677. The first-order chi connectivity index (χ1) is 11.5. The molecule has 0 aliphatic rings. The quantitative estimate of drug-likeness (QED) is 0.493. The number of hydrogen-bond acceptors (Lipinski definition) is 9. The van der Waals surface area contributed by atoms with E-state index in [1.165, 1.54) is 26.6 Å². The summed E-state index contributed by atoms with van der Waals surface area (Å²) in [6, 6.07) is 0. The van der Waals surface area contributed by atoms with E-state index in [9.17, 15) is 4.57 Å². The van der Waals surface area contributed by atoms with Crippen molar-refractivity contribution in [1.29, 1.82) is 0 Å². The number of nitrogens with zero attached hydrogens (tertiary/aromatic N) is 4. The Morgan fingerprint density at radius 2 is 1.33 bits per heavy atom. The molecule has 2 aromatic heterocycles. The second kappa shape index (κ2) is 9.00. The molecule has 0 aromatic carbocycles. The van der Waals surface area contributed by atoms with E-state index in [0.717, 1.165) is 0 Å². The fourth-order valence-electron chi connectivity index (χ4n) is 1.58. The maximum absolute atomic E-state index is 11.8. The SMILES string of the molecule is COc1cnc(Cl)nc1CO[P+](=O)OCc1nc(Cl)ncc1OC. The smallest absolute Gasteiger partial charge is 0.493 e. The molecule has 0 saturated carbocycles. The van der Waals surface area contributed by atoms with Gasteiger partial charge in [0.2, 0.25) is 10.6 Å². The molecule has 2 rings (SSSR count). The molecule has 0 fully saturated rings. The summed E-state index contributed by atoms with van der Waals surface area (Å²) in [6.45, 7) is -0.273. The molecule has 2 heterocycles. The van der Waals surface area contributed by atoms with Crippen molar-refractivity contribution >= 4 is 31.5 Å². The van der Waals surface area contributed by atoms with E-state index in [-0.39, 0.29) is 23.8 Å². The molecule has 0 aliphatic carbocycles. The van der Waals surface area contributed by atoms with Crippen molar-refractivity contribution < 1.29 is 23.1 Å². The lowest BCUT2D eigenvalue weighted by molar-refractivity contribution is 0.204. The zero-order valence-corrected chi connectivity index (χ0v) is 15.0. The second-order valence-corrected chi connectivity index (χ2v) is 5.72. The van der Waals surface area contributed by atoms with Crippen molar-refractivity contribution in [3.8, 4) is 11.5 Å². The Morgan fingerprint density at radius 3 is 1.71 bits per heavy atom. The van der Waals surface area contributed by atoms with Gasteiger partial charge in [0.15, 0.2) is 24.7 Å². The first kappa shape index (κ1) is 18.7. The number of aromatic nitrogens is 4.